The van der Waals surface area contributed by atoms with E-state index in [0.29, 0.717) is 5.88 Å². The molecule has 0 amide bonds. The van der Waals surface area contributed by atoms with Crippen molar-refractivity contribution in [3.8, 4) is 0 Å². The Bertz CT molecular complexity index is 460. The van der Waals surface area contributed by atoms with E-state index >= 15 is 0 Å². The first-order chi connectivity index (χ1) is 8.18. The number of rotatable bonds is 5. The maximum Gasteiger partial charge on any atom is 0.214 e. The molecule has 1 saturated heterocycles. The molecule has 0 saturated carbocycles. The van der Waals surface area contributed by atoms with Gasteiger partial charge in [0.25, 0.3) is 0 Å². The summed E-state index contributed by atoms with van der Waals surface area (Å²) in [5.74, 6) is 0.326. The van der Waals surface area contributed by atoms with Crippen LogP contribution in [0.4, 0.5) is 0 Å². The zero-order chi connectivity index (χ0) is 14.0. The van der Waals surface area contributed by atoms with Gasteiger partial charge in [0.05, 0.1) is 16.8 Å². The molecule has 2 atom stereocenters. The Hall–Kier alpha value is 0.150. The highest BCUT2D eigenvalue weighted by Crippen LogP contribution is 2.19. The van der Waals surface area contributed by atoms with Crippen LogP contribution in [0.2, 0.25) is 0 Å². The summed E-state index contributed by atoms with van der Waals surface area (Å²) in [5, 5.41) is -0.606. The highest BCUT2D eigenvalue weighted by molar-refractivity contribution is 7.92. The van der Waals surface area contributed by atoms with Gasteiger partial charge in [-0.05, 0) is 25.7 Å². The largest absolute Gasteiger partial charge is 0.229 e. The summed E-state index contributed by atoms with van der Waals surface area (Å²) >= 11 is 5.68. The lowest BCUT2D eigenvalue weighted by molar-refractivity contribution is 0.471. The summed E-state index contributed by atoms with van der Waals surface area (Å²) in [6.45, 7) is 3.63. The molecule has 0 aliphatic carbocycles. The standard InChI is InChI=1S/C10H20ClNO4S2/c1-8(7-11)9(2)12-18(15,16)10-3-5-17(13,14)6-4-10/h8-10,12H,3-7H2,1-2H3. The SMILES string of the molecule is CC(CCl)C(C)NS(=O)(=O)C1CCS(=O)(=O)CC1. The van der Waals surface area contributed by atoms with Gasteiger partial charge in [0.15, 0.2) is 0 Å². The third kappa shape index (κ3) is 4.36. The fraction of sp³-hybridized carbons (Fsp3) is 1.00. The van der Waals surface area contributed by atoms with Gasteiger partial charge in [-0.2, -0.15) is 0 Å². The van der Waals surface area contributed by atoms with E-state index in [9.17, 15) is 16.8 Å². The molecular weight excluding hydrogens is 298 g/mol. The molecule has 1 rings (SSSR count). The first kappa shape index (κ1) is 16.2. The summed E-state index contributed by atoms with van der Waals surface area (Å²) in [5.41, 5.74) is 0. The number of hydrogen-bond donors (Lipinski definition) is 1. The molecule has 0 bridgehead atoms. The van der Waals surface area contributed by atoms with Gasteiger partial charge in [0.1, 0.15) is 9.84 Å². The molecule has 1 aliphatic rings. The minimum atomic E-state index is -3.46. The molecule has 0 spiro atoms. The first-order valence-corrected chi connectivity index (χ1v) is 9.85. The van der Waals surface area contributed by atoms with Crippen LogP contribution < -0.4 is 4.72 Å². The number of sulfone groups is 1. The average Bonchev–Trinajstić information content (AvgIpc) is 2.26. The van der Waals surface area contributed by atoms with Gasteiger partial charge in [-0.25, -0.2) is 21.6 Å². The van der Waals surface area contributed by atoms with Crippen LogP contribution in [-0.4, -0.2) is 45.5 Å². The second-order valence-electron chi connectivity index (χ2n) is 4.93. The molecule has 0 aromatic heterocycles. The van der Waals surface area contributed by atoms with Crippen LogP contribution in [0.15, 0.2) is 0 Å². The number of sulfonamides is 1. The van der Waals surface area contributed by atoms with E-state index in [1.807, 2.05) is 6.92 Å². The zero-order valence-corrected chi connectivity index (χ0v) is 13.0. The number of nitrogens with one attached hydrogen (secondary N) is 1. The Labute approximate surface area is 114 Å². The number of alkyl halides is 1. The highest BCUT2D eigenvalue weighted by atomic mass is 35.5. The van der Waals surface area contributed by atoms with Crippen LogP contribution in [0.1, 0.15) is 26.7 Å². The molecule has 1 N–H and O–H groups in total. The minimum Gasteiger partial charge on any atom is -0.229 e. The molecule has 2 unspecified atom stereocenters. The van der Waals surface area contributed by atoms with Gasteiger partial charge in [-0.3, -0.25) is 0 Å². The molecule has 0 radical (unpaired) electrons. The summed E-state index contributed by atoms with van der Waals surface area (Å²) in [6, 6.07) is -0.244. The number of halogens is 1. The molecule has 1 fully saturated rings. The van der Waals surface area contributed by atoms with Gasteiger partial charge in [0.2, 0.25) is 10.0 Å². The van der Waals surface area contributed by atoms with Crippen molar-refractivity contribution in [3.05, 3.63) is 0 Å². The zero-order valence-electron chi connectivity index (χ0n) is 10.6. The van der Waals surface area contributed by atoms with E-state index < -0.39 is 25.1 Å². The summed E-state index contributed by atoms with van der Waals surface area (Å²) in [6.07, 6.45) is 0.360. The maximum atomic E-state index is 12.1. The van der Waals surface area contributed by atoms with Gasteiger partial charge in [-0.1, -0.05) is 6.92 Å². The van der Waals surface area contributed by atoms with Gasteiger partial charge < -0.3 is 0 Å². The molecular formula is C10H20ClNO4S2. The van der Waals surface area contributed by atoms with E-state index in [2.05, 4.69) is 4.72 Å². The highest BCUT2D eigenvalue weighted by Gasteiger charge is 2.33. The topological polar surface area (TPSA) is 80.3 Å². The molecule has 18 heavy (non-hydrogen) atoms. The van der Waals surface area contributed by atoms with Crippen LogP contribution in [0.5, 0.6) is 0 Å². The second-order valence-corrected chi connectivity index (χ2v) is 9.54. The van der Waals surface area contributed by atoms with Crippen molar-refractivity contribution in [1.82, 2.24) is 4.72 Å². The second kappa shape index (κ2) is 6.07. The molecule has 1 aliphatic heterocycles. The van der Waals surface area contributed by atoms with Crippen molar-refractivity contribution in [2.45, 2.75) is 38.0 Å². The summed E-state index contributed by atoms with van der Waals surface area (Å²) < 4.78 is 49.3. The van der Waals surface area contributed by atoms with Crippen molar-refractivity contribution in [2.24, 2.45) is 5.92 Å². The van der Waals surface area contributed by atoms with Gasteiger partial charge in [0, 0.05) is 11.9 Å². The molecule has 8 heteroatoms. The van der Waals surface area contributed by atoms with E-state index in [4.69, 9.17) is 11.6 Å². The molecule has 108 valence electrons. The van der Waals surface area contributed by atoms with E-state index in [-0.39, 0.29) is 36.3 Å². The normalized spacial score (nSPS) is 24.6. The van der Waals surface area contributed by atoms with Crippen LogP contribution in [0.3, 0.4) is 0 Å². The average molecular weight is 318 g/mol. The van der Waals surface area contributed by atoms with Crippen molar-refractivity contribution in [1.29, 1.82) is 0 Å². The Morgan fingerprint density at radius 3 is 2.22 bits per heavy atom. The smallest absolute Gasteiger partial charge is 0.214 e. The van der Waals surface area contributed by atoms with Crippen molar-refractivity contribution in [2.75, 3.05) is 17.4 Å². The molecule has 0 aromatic carbocycles. The fourth-order valence-electron chi connectivity index (χ4n) is 1.78. The Balaban J connectivity index is 2.65. The van der Waals surface area contributed by atoms with E-state index in [1.54, 1.807) is 6.92 Å². The summed E-state index contributed by atoms with van der Waals surface area (Å²) in [7, 11) is -6.50. The predicted molar refractivity (Wildman–Crippen MR) is 73.1 cm³/mol. The number of hydrogen-bond acceptors (Lipinski definition) is 4. The van der Waals surface area contributed by atoms with Crippen molar-refractivity contribution < 1.29 is 16.8 Å². The lowest BCUT2D eigenvalue weighted by atomic mass is 10.1. The Morgan fingerprint density at radius 1 is 1.28 bits per heavy atom. The predicted octanol–water partition coefficient (Wildman–Crippen LogP) is 0.746. The lowest BCUT2D eigenvalue weighted by Crippen LogP contribution is -2.45. The van der Waals surface area contributed by atoms with Gasteiger partial charge >= 0.3 is 0 Å². The monoisotopic (exact) mass is 317 g/mol. The quantitative estimate of drug-likeness (QED) is 0.759. The third-order valence-corrected chi connectivity index (χ3v) is 7.64. The van der Waals surface area contributed by atoms with Crippen LogP contribution in [0, 0.1) is 5.92 Å². The molecule has 1 heterocycles. The third-order valence-electron chi connectivity index (χ3n) is 3.39. The van der Waals surface area contributed by atoms with E-state index in [0.717, 1.165) is 0 Å². The molecule has 5 nitrogen and oxygen atoms in total. The van der Waals surface area contributed by atoms with Crippen LogP contribution in [0.25, 0.3) is 0 Å². The van der Waals surface area contributed by atoms with E-state index in [1.165, 1.54) is 0 Å². The minimum absolute atomic E-state index is 0.0359. The van der Waals surface area contributed by atoms with Crippen LogP contribution >= 0.6 is 11.6 Å². The Morgan fingerprint density at radius 2 is 1.78 bits per heavy atom. The Kier molecular flexibility index (Phi) is 5.46. The first-order valence-electron chi connectivity index (χ1n) is 5.95. The fourth-order valence-corrected chi connectivity index (χ4v) is 5.64. The van der Waals surface area contributed by atoms with Crippen molar-refractivity contribution >= 4 is 31.5 Å². The maximum absolute atomic E-state index is 12.1. The van der Waals surface area contributed by atoms with Gasteiger partial charge in [-0.15, -0.1) is 11.6 Å². The molecule has 0 aromatic rings. The van der Waals surface area contributed by atoms with Crippen molar-refractivity contribution in [3.63, 3.8) is 0 Å². The summed E-state index contributed by atoms with van der Waals surface area (Å²) in [4.78, 5) is 0. The van der Waals surface area contributed by atoms with Crippen LogP contribution in [-0.2, 0) is 19.9 Å². The lowest BCUT2D eigenvalue weighted by Gasteiger charge is -2.26.